The van der Waals surface area contributed by atoms with Gasteiger partial charge in [-0.05, 0) is 30.5 Å². The first-order chi connectivity index (χ1) is 8.13. The predicted molar refractivity (Wildman–Crippen MR) is 69.0 cm³/mol. The molecule has 0 unspecified atom stereocenters. The highest BCUT2D eigenvalue weighted by atomic mass is 16.5. The van der Waals surface area contributed by atoms with Crippen molar-refractivity contribution in [3.63, 3.8) is 0 Å². The van der Waals surface area contributed by atoms with Crippen LogP contribution in [-0.4, -0.2) is 20.8 Å². The molecular weight excluding hydrogens is 216 g/mol. The third-order valence-corrected chi connectivity index (χ3v) is 2.65. The molecule has 0 aliphatic carbocycles. The van der Waals surface area contributed by atoms with Crippen molar-refractivity contribution < 1.29 is 14.2 Å². The second-order valence-electron chi connectivity index (χ2n) is 4.21. The van der Waals surface area contributed by atoms with Gasteiger partial charge in [0.1, 0.15) is 11.5 Å². The molecule has 1 aromatic carbocycles. The van der Waals surface area contributed by atoms with Crippen molar-refractivity contribution in [3.05, 3.63) is 23.3 Å². The third-order valence-electron chi connectivity index (χ3n) is 2.65. The lowest BCUT2D eigenvalue weighted by atomic mass is 9.99. The van der Waals surface area contributed by atoms with Crippen LogP contribution in [0.15, 0.2) is 12.1 Å². The summed E-state index contributed by atoms with van der Waals surface area (Å²) in [4.78, 5) is 0. The minimum absolute atomic E-state index is 0.362. The molecule has 17 heavy (non-hydrogen) atoms. The average Bonchev–Trinajstić information content (AvgIpc) is 2.34. The first-order valence-electron chi connectivity index (χ1n) is 5.96. The van der Waals surface area contributed by atoms with Crippen LogP contribution in [0.25, 0.3) is 0 Å². The Kier molecular flexibility index (Phi) is 5.29. The molecule has 1 aromatic rings. The zero-order valence-electron chi connectivity index (χ0n) is 11.4. The zero-order chi connectivity index (χ0) is 12.8. The van der Waals surface area contributed by atoms with Crippen LogP contribution in [0, 0.1) is 0 Å². The maximum Gasteiger partial charge on any atom is 0.126 e. The standard InChI is InChI=1S/C14H22O3/c1-6-17-9-11-7-12(15-4)14(10(2)3)13(8-11)16-5/h7-8,10H,6,9H2,1-5H3. The summed E-state index contributed by atoms with van der Waals surface area (Å²) in [5.74, 6) is 2.10. The molecule has 0 spiro atoms. The smallest absolute Gasteiger partial charge is 0.126 e. The lowest BCUT2D eigenvalue weighted by Gasteiger charge is -2.17. The van der Waals surface area contributed by atoms with Crippen LogP contribution in [0.1, 0.15) is 37.8 Å². The van der Waals surface area contributed by atoms with Crippen LogP contribution in [0.4, 0.5) is 0 Å². The highest BCUT2D eigenvalue weighted by molar-refractivity contribution is 5.49. The highest BCUT2D eigenvalue weighted by Crippen LogP contribution is 2.36. The second-order valence-corrected chi connectivity index (χ2v) is 4.21. The second kappa shape index (κ2) is 6.50. The molecule has 3 heteroatoms. The molecular formula is C14H22O3. The van der Waals surface area contributed by atoms with Gasteiger partial charge in [0.2, 0.25) is 0 Å². The third kappa shape index (κ3) is 3.37. The molecule has 0 bridgehead atoms. The molecule has 0 saturated carbocycles. The average molecular weight is 238 g/mol. The van der Waals surface area contributed by atoms with Gasteiger partial charge in [-0.2, -0.15) is 0 Å². The summed E-state index contributed by atoms with van der Waals surface area (Å²) in [6, 6.07) is 4.04. The van der Waals surface area contributed by atoms with Gasteiger partial charge in [0.05, 0.1) is 20.8 Å². The van der Waals surface area contributed by atoms with Gasteiger partial charge in [0.15, 0.2) is 0 Å². The lowest BCUT2D eigenvalue weighted by Crippen LogP contribution is -2.01. The molecule has 0 radical (unpaired) electrons. The van der Waals surface area contributed by atoms with Gasteiger partial charge >= 0.3 is 0 Å². The predicted octanol–water partition coefficient (Wildman–Crippen LogP) is 3.36. The van der Waals surface area contributed by atoms with E-state index < -0.39 is 0 Å². The zero-order valence-corrected chi connectivity index (χ0v) is 11.4. The first kappa shape index (κ1) is 13.8. The fourth-order valence-corrected chi connectivity index (χ4v) is 1.87. The Morgan fingerprint density at radius 1 is 1.06 bits per heavy atom. The van der Waals surface area contributed by atoms with E-state index in [9.17, 15) is 0 Å². The van der Waals surface area contributed by atoms with E-state index in [0.29, 0.717) is 19.1 Å². The fourth-order valence-electron chi connectivity index (χ4n) is 1.87. The molecule has 0 heterocycles. The molecule has 0 aliphatic rings. The highest BCUT2D eigenvalue weighted by Gasteiger charge is 2.15. The Bertz CT molecular complexity index is 333. The SMILES string of the molecule is CCOCc1cc(OC)c(C(C)C)c(OC)c1. The monoisotopic (exact) mass is 238 g/mol. The van der Waals surface area contributed by atoms with Crippen molar-refractivity contribution >= 4 is 0 Å². The number of methoxy groups -OCH3 is 2. The van der Waals surface area contributed by atoms with Gasteiger partial charge in [-0.1, -0.05) is 13.8 Å². The molecule has 0 aliphatic heterocycles. The Labute approximate surface area is 104 Å². The van der Waals surface area contributed by atoms with E-state index in [2.05, 4.69) is 13.8 Å². The van der Waals surface area contributed by atoms with Crippen molar-refractivity contribution in [3.8, 4) is 11.5 Å². The van der Waals surface area contributed by atoms with E-state index in [4.69, 9.17) is 14.2 Å². The van der Waals surface area contributed by atoms with E-state index in [1.54, 1.807) is 14.2 Å². The maximum atomic E-state index is 5.43. The summed E-state index contributed by atoms with van der Waals surface area (Å²) in [6.07, 6.45) is 0. The summed E-state index contributed by atoms with van der Waals surface area (Å²) in [5.41, 5.74) is 2.18. The van der Waals surface area contributed by atoms with Gasteiger partial charge in [-0.3, -0.25) is 0 Å². The maximum absolute atomic E-state index is 5.43. The Morgan fingerprint density at radius 2 is 1.59 bits per heavy atom. The van der Waals surface area contributed by atoms with Crippen LogP contribution in [0.5, 0.6) is 11.5 Å². The lowest BCUT2D eigenvalue weighted by molar-refractivity contribution is 0.133. The molecule has 0 amide bonds. The number of benzene rings is 1. The first-order valence-corrected chi connectivity index (χ1v) is 5.96. The summed E-state index contributed by atoms with van der Waals surface area (Å²) in [6.45, 7) is 7.53. The number of ether oxygens (including phenoxy) is 3. The van der Waals surface area contributed by atoms with Gasteiger partial charge in [-0.15, -0.1) is 0 Å². The number of rotatable bonds is 6. The van der Waals surface area contributed by atoms with Crippen molar-refractivity contribution in [2.24, 2.45) is 0 Å². The van der Waals surface area contributed by atoms with Gasteiger partial charge in [-0.25, -0.2) is 0 Å². The molecule has 1 rings (SSSR count). The summed E-state index contributed by atoms with van der Waals surface area (Å²) < 4.78 is 16.3. The van der Waals surface area contributed by atoms with Gasteiger partial charge in [0, 0.05) is 12.2 Å². The van der Waals surface area contributed by atoms with Crippen molar-refractivity contribution in [2.45, 2.75) is 33.3 Å². The van der Waals surface area contributed by atoms with Crippen LogP contribution < -0.4 is 9.47 Å². The Hall–Kier alpha value is -1.22. The van der Waals surface area contributed by atoms with Gasteiger partial charge < -0.3 is 14.2 Å². The fraction of sp³-hybridized carbons (Fsp3) is 0.571. The number of hydrogen-bond donors (Lipinski definition) is 0. The molecule has 96 valence electrons. The molecule has 3 nitrogen and oxygen atoms in total. The molecule has 0 fully saturated rings. The summed E-state index contributed by atoms with van der Waals surface area (Å²) in [5, 5.41) is 0. The van der Waals surface area contributed by atoms with Crippen LogP contribution >= 0.6 is 0 Å². The van der Waals surface area contributed by atoms with E-state index in [1.807, 2.05) is 19.1 Å². The largest absolute Gasteiger partial charge is 0.496 e. The molecule has 0 saturated heterocycles. The number of hydrogen-bond acceptors (Lipinski definition) is 3. The van der Waals surface area contributed by atoms with Gasteiger partial charge in [0.25, 0.3) is 0 Å². The van der Waals surface area contributed by atoms with Crippen LogP contribution in [0.2, 0.25) is 0 Å². The Balaban J connectivity index is 3.14. The van der Waals surface area contributed by atoms with E-state index >= 15 is 0 Å². The Morgan fingerprint density at radius 3 is 1.94 bits per heavy atom. The van der Waals surface area contributed by atoms with E-state index in [1.165, 1.54) is 0 Å². The quantitative estimate of drug-likeness (QED) is 0.760. The van der Waals surface area contributed by atoms with Crippen molar-refractivity contribution in [2.75, 3.05) is 20.8 Å². The topological polar surface area (TPSA) is 27.7 Å². The molecule has 0 N–H and O–H groups in total. The summed E-state index contributed by atoms with van der Waals surface area (Å²) in [7, 11) is 3.37. The van der Waals surface area contributed by atoms with E-state index in [-0.39, 0.29) is 0 Å². The molecule has 0 aromatic heterocycles. The normalized spacial score (nSPS) is 10.7. The van der Waals surface area contributed by atoms with E-state index in [0.717, 1.165) is 22.6 Å². The van der Waals surface area contributed by atoms with Crippen LogP contribution in [0.3, 0.4) is 0 Å². The van der Waals surface area contributed by atoms with Crippen LogP contribution in [-0.2, 0) is 11.3 Å². The minimum atomic E-state index is 0.362. The van der Waals surface area contributed by atoms with Crippen molar-refractivity contribution in [1.29, 1.82) is 0 Å². The van der Waals surface area contributed by atoms with Crippen molar-refractivity contribution in [1.82, 2.24) is 0 Å². The molecule has 0 atom stereocenters. The summed E-state index contributed by atoms with van der Waals surface area (Å²) >= 11 is 0. The minimum Gasteiger partial charge on any atom is -0.496 e.